The van der Waals surface area contributed by atoms with Crippen LogP contribution in [-0.2, 0) is 0 Å². The number of nitrogens with two attached hydrogens (primary N) is 1. The Bertz CT molecular complexity index is 408. The van der Waals surface area contributed by atoms with Crippen molar-refractivity contribution in [3.63, 3.8) is 0 Å². The molecular formula is C11H11ClN2. The molecule has 0 fully saturated rings. The molecule has 0 aliphatic carbocycles. The number of rotatable bonds is 1. The van der Waals surface area contributed by atoms with Gasteiger partial charge in [-0.05, 0) is 18.3 Å². The molecule has 3 N–H and O–H groups in total. The third kappa shape index (κ3) is 1.61. The van der Waals surface area contributed by atoms with Gasteiger partial charge in [-0.25, -0.2) is 0 Å². The maximum absolute atomic E-state index is 6.08. The molecule has 0 radical (unpaired) electrons. The molecule has 2 rings (SSSR count). The largest absolute Gasteiger partial charge is 0.398 e. The summed E-state index contributed by atoms with van der Waals surface area (Å²) in [5, 5.41) is 3.85. The summed E-state index contributed by atoms with van der Waals surface area (Å²) in [6.45, 7) is 0.728. The summed E-state index contributed by atoms with van der Waals surface area (Å²) in [6.07, 6.45) is 3.69. The van der Waals surface area contributed by atoms with Gasteiger partial charge in [0.2, 0.25) is 0 Å². The second-order valence-electron chi connectivity index (χ2n) is 3.13. The molecule has 0 atom stereocenters. The lowest BCUT2D eigenvalue weighted by atomic mass is 10.0. The summed E-state index contributed by atoms with van der Waals surface area (Å²) >= 11 is 6.08. The van der Waals surface area contributed by atoms with Gasteiger partial charge in [0.15, 0.2) is 0 Å². The minimum atomic E-state index is 0.728. The van der Waals surface area contributed by atoms with Crippen molar-refractivity contribution in [2.45, 2.75) is 0 Å². The Kier molecular flexibility index (Phi) is 2.46. The molecule has 14 heavy (non-hydrogen) atoms. The standard InChI is InChI=1S/C11H11ClN2/c12-10-4-2-1-3-8(10)9-7-14-6-5-11(9)13/h1-6,14H,7,13H2. The van der Waals surface area contributed by atoms with Crippen LogP contribution in [0.1, 0.15) is 5.56 Å². The van der Waals surface area contributed by atoms with Crippen LogP contribution in [0, 0.1) is 0 Å². The Labute approximate surface area is 88.1 Å². The molecule has 3 heteroatoms. The van der Waals surface area contributed by atoms with Crippen molar-refractivity contribution in [3.05, 3.63) is 52.8 Å². The molecule has 1 aliphatic rings. The molecule has 0 amide bonds. The third-order valence-electron chi connectivity index (χ3n) is 2.21. The van der Waals surface area contributed by atoms with Gasteiger partial charge in [0, 0.05) is 28.4 Å². The summed E-state index contributed by atoms with van der Waals surface area (Å²) in [6, 6.07) is 7.72. The maximum Gasteiger partial charge on any atom is 0.0482 e. The SMILES string of the molecule is NC1=C(c2ccccc2Cl)CNC=C1. The Morgan fingerprint density at radius 2 is 2.07 bits per heavy atom. The van der Waals surface area contributed by atoms with Crippen molar-refractivity contribution < 1.29 is 0 Å². The number of halogens is 1. The number of benzene rings is 1. The number of dihydropyridines is 1. The molecule has 0 unspecified atom stereocenters. The van der Waals surface area contributed by atoms with Crippen LogP contribution < -0.4 is 11.1 Å². The first-order chi connectivity index (χ1) is 6.79. The van der Waals surface area contributed by atoms with E-state index in [2.05, 4.69) is 5.32 Å². The lowest BCUT2D eigenvalue weighted by Crippen LogP contribution is -2.17. The van der Waals surface area contributed by atoms with Gasteiger partial charge in [-0.3, -0.25) is 0 Å². The van der Waals surface area contributed by atoms with Gasteiger partial charge >= 0.3 is 0 Å². The number of allylic oxidation sites excluding steroid dienone is 1. The lowest BCUT2D eigenvalue weighted by Gasteiger charge is -2.15. The van der Waals surface area contributed by atoms with E-state index in [4.69, 9.17) is 17.3 Å². The van der Waals surface area contributed by atoms with Crippen LogP contribution in [0.15, 0.2) is 42.2 Å². The van der Waals surface area contributed by atoms with Gasteiger partial charge in [-0.1, -0.05) is 29.8 Å². The Hall–Kier alpha value is -1.41. The highest BCUT2D eigenvalue weighted by atomic mass is 35.5. The van der Waals surface area contributed by atoms with Crippen LogP contribution in [0.3, 0.4) is 0 Å². The van der Waals surface area contributed by atoms with E-state index in [1.54, 1.807) is 0 Å². The summed E-state index contributed by atoms with van der Waals surface area (Å²) in [7, 11) is 0. The third-order valence-corrected chi connectivity index (χ3v) is 2.54. The summed E-state index contributed by atoms with van der Waals surface area (Å²) in [4.78, 5) is 0. The van der Waals surface area contributed by atoms with E-state index in [1.807, 2.05) is 36.5 Å². The molecule has 0 aromatic heterocycles. The molecule has 1 heterocycles. The minimum Gasteiger partial charge on any atom is -0.398 e. The first kappa shape index (κ1) is 9.16. The highest BCUT2D eigenvalue weighted by molar-refractivity contribution is 6.32. The van der Waals surface area contributed by atoms with E-state index in [1.165, 1.54) is 0 Å². The van der Waals surface area contributed by atoms with Crippen molar-refractivity contribution in [3.8, 4) is 0 Å². The van der Waals surface area contributed by atoms with E-state index in [0.717, 1.165) is 28.4 Å². The quantitative estimate of drug-likeness (QED) is 0.739. The zero-order valence-corrected chi connectivity index (χ0v) is 8.38. The Morgan fingerprint density at radius 1 is 1.29 bits per heavy atom. The van der Waals surface area contributed by atoms with Crippen LogP contribution in [0.2, 0.25) is 5.02 Å². The van der Waals surface area contributed by atoms with E-state index in [9.17, 15) is 0 Å². The van der Waals surface area contributed by atoms with Gasteiger partial charge in [0.05, 0.1) is 0 Å². The number of hydrogen-bond donors (Lipinski definition) is 2. The van der Waals surface area contributed by atoms with E-state index >= 15 is 0 Å². The molecule has 0 bridgehead atoms. The summed E-state index contributed by atoms with van der Waals surface area (Å²) < 4.78 is 0. The summed E-state index contributed by atoms with van der Waals surface area (Å²) in [5.41, 5.74) is 8.71. The molecule has 0 saturated heterocycles. The second kappa shape index (κ2) is 3.76. The predicted octanol–water partition coefficient (Wildman–Crippen LogP) is 2.13. The average Bonchev–Trinajstić information content (AvgIpc) is 2.20. The molecule has 72 valence electrons. The number of nitrogens with one attached hydrogen (secondary N) is 1. The van der Waals surface area contributed by atoms with Gasteiger partial charge in [0.25, 0.3) is 0 Å². The smallest absolute Gasteiger partial charge is 0.0482 e. The van der Waals surface area contributed by atoms with Crippen LogP contribution in [0.5, 0.6) is 0 Å². The average molecular weight is 207 g/mol. The van der Waals surface area contributed by atoms with E-state index < -0.39 is 0 Å². The van der Waals surface area contributed by atoms with E-state index in [-0.39, 0.29) is 0 Å². The number of hydrogen-bond acceptors (Lipinski definition) is 2. The van der Waals surface area contributed by atoms with Crippen LogP contribution in [-0.4, -0.2) is 6.54 Å². The maximum atomic E-state index is 6.08. The van der Waals surface area contributed by atoms with Crippen molar-refractivity contribution in [2.24, 2.45) is 5.73 Å². The van der Waals surface area contributed by atoms with Gasteiger partial charge in [0.1, 0.15) is 0 Å². The fourth-order valence-electron chi connectivity index (χ4n) is 1.47. The molecule has 2 nitrogen and oxygen atoms in total. The summed E-state index contributed by atoms with van der Waals surface area (Å²) in [5.74, 6) is 0. The van der Waals surface area contributed by atoms with Gasteiger partial charge in [-0.2, -0.15) is 0 Å². The Morgan fingerprint density at radius 3 is 2.79 bits per heavy atom. The first-order valence-corrected chi connectivity index (χ1v) is 4.80. The zero-order valence-electron chi connectivity index (χ0n) is 7.63. The second-order valence-corrected chi connectivity index (χ2v) is 3.54. The topological polar surface area (TPSA) is 38.0 Å². The fraction of sp³-hybridized carbons (Fsp3) is 0.0909. The molecule has 1 aromatic carbocycles. The van der Waals surface area contributed by atoms with Crippen molar-refractivity contribution >= 4 is 17.2 Å². The minimum absolute atomic E-state index is 0.728. The van der Waals surface area contributed by atoms with Crippen LogP contribution >= 0.6 is 11.6 Å². The zero-order chi connectivity index (χ0) is 9.97. The molecule has 1 aliphatic heterocycles. The normalized spacial score (nSPS) is 15.5. The molecule has 1 aromatic rings. The highest BCUT2D eigenvalue weighted by Gasteiger charge is 2.10. The molecular weight excluding hydrogens is 196 g/mol. The Balaban J connectivity index is 2.49. The van der Waals surface area contributed by atoms with Crippen molar-refractivity contribution in [1.82, 2.24) is 5.32 Å². The molecule has 0 spiro atoms. The first-order valence-electron chi connectivity index (χ1n) is 4.42. The highest BCUT2D eigenvalue weighted by Crippen LogP contribution is 2.25. The fourth-order valence-corrected chi connectivity index (χ4v) is 1.72. The predicted molar refractivity (Wildman–Crippen MR) is 59.7 cm³/mol. The van der Waals surface area contributed by atoms with Gasteiger partial charge < -0.3 is 11.1 Å². The van der Waals surface area contributed by atoms with E-state index in [0.29, 0.717) is 0 Å². The van der Waals surface area contributed by atoms with Crippen LogP contribution in [0.4, 0.5) is 0 Å². The van der Waals surface area contributed by atoms with Crippen molar-refractivity contribution in [1.29, 1.82) is 0 Å². The van der Waals surface area contributed by atoms with Gasteiger partial charge in [-0.15, -0.1) is 0 Å². The molecule has 0 saturated carbocycles. The lowest BCUT2D eigenvalue weighted by molar-refractivity contribution is 0.970. The van der Waals surface area contributed by atoms with Crippen LogP contribution in [0.25, 0.3) is 5.57 Å². The van der Waals surface area contributed by atoms with Crippen molar-refractivity contribution in [2.75, 3.05) is 6.54 Å². The monoisotopic (exact) mass is 206 g/mol.